The van der Waals surface area contributed by atoms with Crippen LogP contribution in [0.5, 0.6) is 5.75 Å². The molecule has 2 heterocycles. The molecule has 5 rings (SSSR count). The summed E-state index contributed by atoms with van der Waals surface area (Å²) in [6, 6.07) is 16.7. The number of primary amides is 1. The SMILES string of the molecule is COc1ccc(C2NC(CCCNC(N)=O)(C(=O)O)C3C(=O)N(c4ccccc4C)C(=O)C23)c2ccccc12. The number of carbonyl (C=O) groups is 4. The summed E-state index contributed by atoms with van der Waals surface area (Å²) < 4.78 is 5.53. The number of ether oxygens (including phenoxy) is 1. The largest absolute Gasteiger partial charge is 0.496 e. The second-order valence-corrected chi connectivity index (χ2v) is 10.00. The number of nitrogens with two attached hydrogens (primary N) is 1. The van der Waals surface area contributed by atoms with E-state index in [1.54, 1.807) is 38.3 Å². The van der Waals surface area contributed by atoms with Gasteiger partial charge in [0.15, 0.2) is 0 Å². The van der Waals surface area contributed by atoms with Gasteiger partial charge in [-0.3, -0.25) is 19.7 Å². The second-order valence-electron chi connectivity index (χ2n) is 10.00. The van der Waals surface area contributed by atoms with E-state index in [0.717, 1.165) is 21.2 Å². The lowest BCUT2D eigenvalue weighted by atomic mass is 9.76. The second kappa shape index (κ2) is 10.0. The van der Waals surface area contributed by atoms with Gasteiger partial charge in [-0.2, -0.15) is 0 Å². The van der Waals surface area contributed by atoms with Gasteiger partial charge in [0, 0.05) is 18.0 Å². The molecule has 39 heavy (non-hydrogen) atoms. The molecule has 3 aromatic rings. The predicted molar refractivity (Wildman–Crippen MR) is 144 cm³/mol. The van der Waals surface area contributed by atoms with Crippen LogP contribution < -0.4 is 26.0 Å². The molecule has 202 valence electrons. The number of hydrogen-bond acceptors (Lipinski definition) is 6. The molecule has 2 aliphatic heterocycles. The number of aryl methyl sites for hydroxylation is 1. The quantitative estimate of drug-likeness (QED) is 0.258. The number of benzene rings is 3. The van der Waals surface area contributed by atoms with E-state index in [0.29, 0.717) is 17.0 Å². The Labute approximate surface area is 225 Å². The van der Waals surface area contributed by atoms with E-state index < -0.39 is 47.2 Å². The number of urea groups is 1. The number of carboxylic acids is 1. The van der Waals surface area contributed by atoms with Gasteiger partial charge in [0.2, 0.25) is 11.8 Å². The number of aliphatic carboxylic acids is 1. The third kappa shape index (κ3) is 4.17. The van der Waals surface area contributed by atoms with E-state index in [-0.39, 0.29) is 19.4 Å². The van der Waals surface area contributed by atoms with Crippen molar-refractivity contribution in [3.05, 3.63) is 71.8 Å². The Balaban J connectivity index is 1.66. The Bertz CT molecular complexity index is 1490. The van der Waals surface area contributed by atoms with Gasteiger partial charge in [-0.05, 0) is 48.4 Å². The molecule has 0 spiro atoms. The Morgan fingerprint density at radius 3 is 2.41 bits per heavy atom. The molecule has 4 amide bonds. The normalized spacial score (nSPS) is 24.2. The van der Waals surface area contributed by atoms with Crippen molar-refractivity contribution in [3.63, 3.8) is 0 Å². The van der Waals surface area contributed by atoms with Crippen LogP contribution in [0.3, 0.4) is 0 Å². The van der Waals surface area contributed by atoms with Crippen molar-refractivity contribution < 1.29 is 29.0 Å². The Morgan fingerprint density at radius 1 is 1.05 bits per heavy atom. The molecule has 2 aliphatic rings. The number of amides is 4. The molecule has 0 aliphatic carbocycles. The van der Waals surface area contributed by atoms with Crippen LogP contribution in [0, 0.1) is 18.8 Å². The number of para-hydroxylation sites is 1. The van der Waals surface area contributed by atoms with E-state index in [9.17, 15) is 24.3 Å². The fourth-order valence-electron chi connectivity index (χ4n) is 6.18. The minimum absolute atomic E-state index is 0.00496. The fourth-order valence-corrected chi connectivity index (χ4v) is 6.18. The average molecular weight is 531 g/mol. The number of nitrogens with one attached hydrogen (secondary N) is 2. The predicted octanol–water partition coefficient (Wildman–Crippen LogP) is 2.88. The number of imide groups is 1. The van der Waals surface area contributed by atoms with Crippen LogP contribution in [0.4, 0.5) is 10.5 Å². The number of methoxy groups -OCH3 is 1. The Hall–Kier alpha value is -4.44. The van der Waals surface area contributed by atoms with Gasteiger partial charge in [0.05, 0.1) is 24.6 Å². The monoisotopic (exact) mass is 530 g/mol. The van der Waals surface area contributed by atoms with E-state index in [1.165, 1.54) is 0 Å². The molecular formula is C29H30N4O6. The minimum atomic E-state index is -1.75. The summed E-state index contributed by atoms with van der Waals surface area (Å²) in [6.07, 6.45) is 0.225. The van der Waals surface area contributed by atoms with Gasteiger partial charge in [-0.25, -0.2) is 9.69 Å². The first-order valence-electron chi connectivity index (χ1n) is 12.7. The zero-order chi connectivity index (χ0) is 27.9. The third-order valence-corrected chi connectivity index (χ3v) is 7.91. The van der Waals surface area contributed by atoms with Crippen LogP contribution in [0.15, 0.2) is 60.7 Å². The Kier molecular flexibility index (Phi) is 6.73. The van der Waals surface area contributed by atoms with Crippen molar-refractivity contribution in [2.45, 2.75) is 31.3 Å². The highest BCUT2D eigenvalue weighted by molar-refractivity contribution is 6.24. The maximum Gasteiger partial charge on any atom is 0.324 e. The number of carbonyl (C=O) groups excluding carboxylic acids is 3. The number of anilines is 1. The molecule has 4 unspecified atom stereocenters. The van der Waals surface area contributed by atoms with Crippen LogP contribution >= 0.6 is 0 Å². The average Bonchev–Trinajstić information content (AvgIpc) is 3.40. The lowest BCUT2D eigenvalue weighted by Gasteiger charge is -2.31. The summed E-state index contributed by atoms with van der Waals surface area (Å²) in [5.74, 6) is -3.73. The summed E-state index contributed by atoms with van der Waals surface area (Å²) in [4.78, 5) is 53.5. The first-order valence-corrected chi connectivity index (χ1v) is 12.7. The van der Waals surface area contributed by atoms with Crippen molar-refractivity contribution in [3.8, 4) is 5.75 Å². The molecule has 2 fully saturated rings. The van der Waals surface area contributed by atoms with Crippen LogP contribution in [-0.4, -0.2) is 48.1 Å². The maximum absolute atomic E-state index is 14.1. The maximum atomic E-state index is 14.1. The van der Waals surface area contributed by atoms with Crippen molar-refractivity contribution >= 4 is 40.3 Å². The number of carboxylic acid groups (broad SMARTS) is 1. The van der Waals surface area contributed by atoms with Gasteiger partial charge in [-0.15, -0.1) is 0 Å². The lowest BCUT2D eigenvalue weighted by molar-refractivity contribution is -0.149. The molecule has 10 heteroatoms. The van der Waals surface area contributed by atoms with E-state index in [1.807, 2.05) is 36.4 Å². The fraction of sp³-hybridized carbons (Fsp3) is 0.310. The smallest absolute Gasteiger partial charge is 0.324 e. The molecule has 0 saturated carbocycles. The van der Waals surface area contributed by atoms with Crippen molar-refractivity contribution in [2.24, 2.45) is 17.6 Å². The molecule has 5 N–H and O–H groups in total. The molecule has 0 aromatic heterocycles. The van der Waals surface area contributed by atoms with Crippen molar-refractivity contribution in [1.82, 2.24) is 10.6 Å². The standard InChI is InChI=1S/C29H30N4O6/c1-16-8-3-6-11-20(16)33-25(34)22-23(26(33)35)29(27(36)37,14-7-15-31-28(30)38)32-24(22)19-12-13-21(39-2)18-10-5-4-9-17(18)19/h3-6,8-13,22-24,32H,7,14-15H2,1-2H3,(H,36,37)(H3,30,31,38). The Morgan fingerprint density at radius 2 is 1.74 bits per heavy atom. The third-order valence-electron chi connectivity index (χ3n) is 7.91. The molecule has 0 bridgehead atoms. The van der Waals surface area contributed by atoms with Crippen molar-refractivity contribution in [2.75, 3.05) is 18.6 Å². The molecule has 4 atom stereocenters. The molecular weight excluding hydrogens is 500 g/mol. The minimum Gasteiger partial charge on any atom is -0.496 e. The van der Waals surface area contributed by atoms with Crippen LogP contribution in [-0.2, 0) is 14.4 Å². The van der Waals surface area contributed by atoms with Gasteiger partial charge in [0.1, 0.15) is 11.3 Å². The number of hydrogen-bond donors (Lipinski definition) is 4. The van der Waals surface area contributed by atoms with Crippen molar-refractivity contribution in [1.29, 1.82) is 0 Å². The molecule has 10 nitrogen and oxygen atoms in total. The molecule has 2 saturated heterocycles. The highest BCUT2D eigenvalue weighted by Gasteiger charge is 2.68. The molecule has 0 radical (unpaired) electrons. The summed E-state index contributed by atoms with van der Waals surface area (Å²) in [6.45, 7) is 1.93. The van der Waals surface area contributed by atoms with Crippen LogP contribution in [0.2, 0.25) is 0 Å². The summed E-state index contributed by atoms with van der Waals surface area (Å²) >= 11 is 0. The summed E-state index contributed by atoms with van der Waals surface area (Å²) in [7, 11) is 1.57. The highest BCUT2D eigenvalue weighted by Crippen LogP contribution is 2.52. The zero-order valence-corrected chi connectivity index (χ0v) is 21.6. The van der Waals surface area contributed by atoms with E-state index in [4.69, 9.17) is 10.5 Å². The molecule has 3 aromatic carbocycles. The van der Waals surface area contributed by atoms with Gasteiger partial charge in [0.25, 0.3) is 0 Å². The van der Waals surface area contributed by atoms with Crippen LogP contribution in [0.25, 0.3) is 10.8 Å². The topological polar surface area (TPSA) is 151 Å². The van der Waals surface area contributed by atoms with Gasteiger partial charge < -0.3 is 20.9 Å². The number of nitrogens with zero attached hydrogens (tertiary/aromatic N) is 1. The number of rotatable bonds is 8. The lowest BCUT2D eigenvalue weighted by Crippen LogP contribution is -2.56. The zero-order valence-electron chi connectivity index (χ0n) is 21.6. The first kappa shape index (κ1) is 26.2. The van der Waals surface area contributed by atoms with Gasteiger partial charge in [-0.1, -0.05) is 48.5 Å². The van der Waals surface area contributed by atoms with E-state index in [2.05, 4.69) is 10.6 Å². The first-order chi connectivity index (χ1) is 18.7. The highest BCUT2D eigenvalue weighted by atomic mass is 16.5. The van der Waals surface area contributed by atoms with Crippen LogP contribution in [0.1, 0.15) is 30.0 Å². The number of fused-ring (bicyclic) bond motifs is 2. The summed E-state index contributed by atoms with van der Waals surface area (Å²) in [5.41, 5.74) is 5.30. The van der Waals surface area contributed by atoms with E-state index >= 15 is 0 Å². The van der Waals surface area contributed by atoms with Gasteiger partial charge >= 0.3 is 12.0 Å². The summed E-state index contributed by atoms with van der Waals surface area (Å²) in [5, 5.41) is 17.9.